The first-order valence-corrected chi connectivity index (χ1v) is 9.05. The Bertz CT molecular complexity index is 726. The van der Waals surface area contributed by atoms with Gasteiger partial charge in [-0.2, -0.15) is 0 Å². The highest BCUT2D eigenvalue weighted by Gasteiger charge is 2.34. The molecular weight excluding hydrogens is 376 g/mol. The normalized spacial score (nSPS) is 17.1. The largest absolute Gasteiger partial charge is 0.419 e. The van der Waals surface area contributed by atoms with Crippen LogP contribution in [-0.2, 0) is 6.54 Å². The molecule has 1 aromatic heterocycles. The molecule has 0 radical (unpaired) electrons. The average molecular weight is 393 g/mol. The van der Waals surface area contributed by atoms with E-state index in [9.17, 15) is 0 Å². The SMILES string of the molecule is S=C(NC1CC1)N(Cc1nnc(-c2ccccc2Br)o1)C1CC1. The van der Waals surface area contributed by atoms with Crippen LogP contribution in [0.2, 0.25) is 0 Å². The highest BCUT2D eigenvalue weighted by Crippen LogP contribution is 2.31. The van der Waals surface area contributed by atoms with Gasteiger partial charge in [-0.05, 0) is 66.0 Å². The lowest BCUT2D eigenvalue weighted by Crippen LogP contribution is -2.41. The minimum Gasteiger partial charge on any atom is -0.419 e. The summed E-state index contributed by atoms with van der Waals surface area (Å²) >= 11 is 9.06. The highest BCUT2D eigenvalue weighted by atomic mass is 79.9. The third kappa shape index (κ3) is 3.55. The molecule has 0 atom stereocenters. The van der Waals surface area contributed by atoms with Gasteiger partial charge >= 0.3 is 0 Å². The fraction of sp³-hybridized carbons (Fsp3) is 0.438. The number of thiocarbonyl (C=S) groups is 1. The van der Waals surface area contributed by atoms with Crippen molar-refractivity contribution in [3.8, 4) is 11.5 Å². The molecule has 1 heterocycles. The van der Waals surface area contributed by atoms with Gasteiger partial charge in [0.05, 0.1) is 12.1 Å². The smallest absolute Gasteiger partial charge is 0.248 e. The van der Waals surface area contributed by atoms with Gasteiger partial charge in [-0.3, -0.25) is 0 Å². The second-order valence-corrected chi connectivity index (χ2v) is 7.30. The van der Waals surface area contributed by atoms with Crippen LogP contribution in [-0.4, -0.2) is 32.3 Å². The Balaban J connectivity index is 1.49. The summed E-state index contributed by atoms with van der Waals surface area (Å²) in [6.45, 7) is 0.570. The molecule has 4 rings (SSSR count). The van der Waals surface area contributed by atoms with Gasteiger partial charge < -0.3 is 14.6 Å². The molecule has 0 bridgehead atoms. The molecule has 2 aliphatic carbocycles. The summed E-state index contributed by atoms with van der Waals surface area (Å²) in [5.41, 5.74) is 0.905. The van der Waals surface area contributed by atoms with E-state index >= 15 is 0 Å². The van der Waals surface area contributed by atoms with Gasteiger partial charge in [0, 0.05) is 16.6 Å². The first-order chi connectivity index (χ1) is 11.2. The van der Waals surface area contributed by atoms with Crippen LogP contribution < -0.4 is 5.32 Å². The zero-order chi connectivity index (χ0) is 15.8. The average Bonchev–Trinajstić information content (AvgIpc) is 3.46. The minimum atomic E-state index is 0.507. The van der Waals surface area contributed by atoms with E-state index in [1.807, 2.05) is 24.3 Å². The standard InChI is InChI=1S/C16H17BrN4OS/c17-13-4-2-1-3-12(13)15-20-19-14(22-15)9-21(11-7-8-11)16(23)18-10-5-6-10/h1-4,10-11H,5-9H2,(H,18,23). The summed E-state index contributed by atoms with van der Waals surface area (Å²) in [7, 11) is 0. The molecule has 2 aliphatic rings. The third-order valence-corrected chi connectivity index (χ3v) is 5.07. The second-order valence-electron chi connectivity index (χ2n) is 6.06. The minimum absolute atomic E-state index is 0.507. The van der Waals surface area contributed by atoms with Crippen molar-refractivity contribution in [2.24, 2.45) is 0 Å². The first kappa shape index (κ1) is 15.1. The molecule has 1 N–H and O–H groups in total. The Morgan fingerprint density at radius 2 is 2.04 bits per heavy atom. The zero-order valence-corrected chi connectivity index (χ0v) is 14.9. The Morgan fingerprint density at radius 3 is 2.74 bits per heavy atom. The fourth-order valence-electron chi connectivity index (χ4n) is 2.44. The summed E-state index contributed by atoms with van der Waals surface area (Å²) in [5.74, 6) is 1.13. The van der Waals surface area contributed by atoms with Crippen LogP contribution >= 0.6 is 28.1 Å². The third-order valence-electron chi connectivity index (χ3n) is 4.03. The number of aromatic nitrogens is 2. The van der Waals surface area contributed by atoms with Crippen LogP contribution in [0.1, 0.15) is 31.6 Å². The van der Waals surface area contributed by atoms with E-state index in [1.165, 1.54) is 25.7 Å². The van der Waals surface area contributed by atoms with Crippen LogP contribution in [0.4, 0.5) is 0 Å². The van der Waals surface area contributed by atoms with Crippen LogP contribution in [0.15, 0.2) is 33.2 Å². The molecule has 2 fully saturated rings. The number of benzene rings is 1. The zero-order valence-electron chi connectivity index (χ0n) is 12.5. The summed E-state index contributed by atoms with van der Waals surface area (Å²) in [5, 5.41) is 12.6. The molecular formula is C16H17BrN4OS. The molecule has 0 spiro atoms. The fourth-order valence-corrected chi connectivity index (χ4v) is 3.28. The van der Waals surface area contributed by atoms with E-state index in [0.29, 0.717) is 30.4 Å². The van der Waals surface area contributed by atoms with Gasteiger partial charge in [-0.15, -0.1) is 10.2 Å². The predicted octanol–water partition coefficient (Wildman–Crippen LogP) is 3.50. The van der Waals surface area contributed by atoms with Crippen LogP contribution in [0.25, 0.3) is 11.5 Å². The first-order valence-electron chi connectivity index (χ1n) is 7.85. The number of nitrogens with one attached hydrogen (secondary N) is 1. The van der Waals surface area contributed by atoms with Gasteiger partial charge in [0.1, 0.15) is 0 Å². The molecule has 7 heteroatoms. The maximum absolute atomic E-state index is 5.85. The lowest BCUT2D eigenvalue weighted by molar-refractivity contribution is 0.343. The van der Waals surface area contributed by atoms with Gasteiger partial charge in [0.15, 0.2) is 5.11 Å². The Morgan fingerprint density at radius 1 is 1.26 bits per heavy atom. The lowest BCUT2D eigenvalue weighted by atomic mass is 10.2. The molecule has 2 saturated carbocycles. The summed E-state index contributed by atoms with van der Waals surface area (Å²) in [4.78, 5) is 2.19. The van der Waals surface area contributed by atoms with Crippen molar-refractivity contribution in [2.45, 2.75) is 44.3 Å². The van der Waals surface area contributed by atoms with Gasteiger partial charge in [0.2, 0.25) is 11.8 Å². The van der Waals surface area contributed by atoms with Crippen molar-refractivity contribution in [2.75, 3.05) is 0 Å². The molecule has 23 heavy (non-hydrogen) atoms. The quantitative estimate of drug-likeness (QED) is 0.785. The monoisotopic (exact) mass is 392 g/mol. The van der Waals surface area contributed by atoms with E-state index in [2.05, 4.69) is 36.3 Å². The van der Waals surface area contributed by atoms with E-state index in [-0.39, 0.29) is 0 Å². The maximum atomic E-state index is 5.85. The topological polar surface area (TPSA) is 54.2 Å². The van der Waals surface area contributed by atoms with Crippen molar-refractivity contribution >= 4 is 33.3 Å². The molecule has 0 amide bonds. The summed E-state index contributed by atoms with van der Waals surface area (Å²) in [6.07, 6.45) is 4.78. The Labute approximate surface area is 148 Å². The Kier molecular flexibility index (Phi) is 4.07. The summed E-state index contributed by atoms with van der Waals surface area (Å²) in [6, 6.07) is 8.90. The van der Waals surface area contributed by atoms with Crippen molar-refractivity contribution in [3.05, 3.63) is 34.6 Å². The second kappa shape index (κ2) is 6.20. The number of rotatable bonds is 5. The number of hydrogen-bond donors (Lipinski definition) is 1. The lowest BCUT2D eigenvalue weighted by Gasteiger charge is -2.24. The molecule has 0 unspecified atom stereocenters. The molecule has 2 aromatic rings. The number of halogens is 1. The van der Waals surface area contributed by atoms with Crippen molar-refractivity contribution < 1.29 is 4.42 Å². The van der Waals surface area contributed by atoms with Crippen molar-refractivity contribution in [1.29, 1.82) is 0 Å². The van der Waals surface area contributed by atoms with E-state index < -0.39 is 0 Å². The molecule has 0 saturated heterocycles. The number of nitrogens with zero attached hydrogens (tertiary/aromatic N) is 3. The van der Waals surface area contributed by atoms with Gasteiger partial charge in [0.25, 0.3) is 0 Å². The van der Waals surface area contributed by atoms with Crippen molar-refractivity contribution in [1.82, 2.24) is 20.4 Å². The molecule has 0 aliphatic heterocycles. The van der Waals surface area contributed by atoms with Gasteiger partial charge in [-0.25, -0.2) is 0 Å². The number of hydrogen-bond acceptors (Lipinski definition) is 4. The molecule has 120 valence electrons. The van der Waals surface area contributed by atoms with Gasteiger partial charge in [-0.1, -0.05) is 12.1 Å². The Hall–Kier alpha value is -1.47. The van der Waals surface area contributed by atoms with E-state index in [4.69, 9.17) is 16.6 Å². The summed E-state index contributed by atoms with van der Waals surface area (Å²) < 4.78 is 6.79. The van der Waals surface area contributed by atoms with Crippen LogP contribution in [0.3, 0.4) is 0 Å². The van der Waals surface area contributed by atoms with Crippen molar-refractivity contribution in [3.63, 3.8) is 0 Å². The predicted molar refractivity (Wildman–Crippen MR) is 94.8 cm³/mol. The molecule has 1 aromatic carbocycles. The van der Waals surface area contributed by atoms with Crippen LogP contribution in [0.5, 0.6) is 0 Å². The maximum Gasteiger partial charge on any atom is 0.248 e. The highest BCUT2D eigenvalue weighted by molar-refractivity contribution is 9.10. The van der Waals surface area contributed by atoms with Crippen LogP contribution in [0, 0.1) is 0 Å². The van der Waals surface area contributed by atoms with E-state index in [0.717, 1.165) is 15.1 Å². The molecule has 5 nitrogen and oxygen atoms in total. The van der Waals surface area contributed by atoms with E-state index in [1.54, 1.807) is 0 Å².